The first-order chi connectivity index (χ1) is 8.54. The van der Waals surface area contributed by atoms with Crippen molar-refractivity contribution in [2.45, 2.75) is 0 Å². The minimum atomic E-state index is -0.550. The van der Waals surface area contributed by atoms with E-state index < -0.39 is 4.92 Å². The van der Waals surface area contributed by atoms with E-state index in [1.165, 1.54) is 18.2 Å². The molecule has 18 heavy (non-hydrogen) atoms. The lowest BCUT2D eigenvalue weighted by Gasteiger charge is -2.11. The largest absolute Gasteiger partial charge is 0.506 e. The van der Waals surface area contributed by atoms with Crippen LogP contribution in [-0.4, -0.2) is 35.4 Å². The van der Waals surface area contributed by atoms with E-state index in [1.54, 1.807) is 7.11 Å². The van der Waals surface area contributed by atoms with Crippen LogP contribution in [0.5, 0.6) is 5.75 Å². The van der Waals surface area contributed by atoms with Crippen molar-refractivity contribution in [3.8, 4) is 5.75 Å². The number of non-ortho nitro benzene ring substituents is 1. The summed E-state index contributed by atoms with van der Waals surface area (Å²) >= 11 is 4.96. The summed E-state index contributed by atoms with van der Waals surface area (Å²) in [6.45, 7) is 0.973. The molecule has 98 valence electrons. The molecule has 0 saturated carbocycles. The molecule has 0 aliphatic heterocycles. The molecule has 0 aromatic heterocycles. The van der Waals surface area contributed by atoms with Crippen LogP contribution in [-0.2, 0) is 4.74 Å². The topological polar surface area (TPSA) is 96.7 Å². The highest BCUT2D eigenvalue weighted by Crippen LogP contribution is 2.27. The molecule has 1 rings (SSSR count). The molecule has 0 unspecified atom stereocenters. The number of nitro benzene ring substituents is 1. The first-order valence-electron chi connectivity index (χ1n) is 5.05. The molecule has 3 N–H and O–H groups in total. The number of benzene rings is 1. The highest BCUT2D eigenvalue weighted by Gasteiger charge is 2.10. The van der Waals surface area contributed by atoms with E-state index in [4.69, 9.17) is 17.0 Å². The summed E-state index contributed by atoms with van der Waals surface area (Å²) in [6.07, 6.45) is 0. The summed E-state index contributed by atoms with van der Waals surface area (Å²) in [6, 6.07) is 3.65. The van der Waals surface area contributed by atoms with E-state index in [9.17, 15) is 15.2 Å². The molecule has 0 bridgehead atoms. The van der Waals surface area contributed by atoms with Crippen molar-refractivity contribution in [1.29, 1.82) is 0 Å². The molecule has 1 aromatic carbocycles. The Morgan fingerprint density at radius 3 is 2.94 bits per heavy atom. The minimum absolute atomic E-state index is 0.114. The normalized spacial score (nSPS) is 9.83. The summed E-state index contributed by atoms with van der Waals surface area (Å²) < 4.78 is 4.83. The van der Waals surface area contributed by atoms with Crippen molar-refractivity contribution in [2.75, 3.05) is 25.6 Å². The molecule has 0 aliphatic rings. The van der Waals surface area contributed by atoms with Crippen molar-refractivity contribution in [3.63, 3.8) is 0 Å². The summed E-state index contributed by atoms with van der Waals surface area (Å²) in [5.74, 6) is -0.114. The number of nitro groups is 1. The Labute approximate surface area is 109 Å². The molecular weight excluding hydrogens is 258 g/mol. The number of ether oxygens (including phenoxy) is 1. The smallest absolute Gasteiger partial charge is 0.271 e. The van der Waals surface area contributed by atoms with Crippen LogP contribution >= 0.6 is 12.2 Å². The lowest BCUT2D eigenvalue weighted by Crippen LogP contribution is -2.31. The molecule has 0 fully saturated rings. The fourth-order valence-electron chi connectivity index (χ4n) is 1.17. The van der Waals surface area contributed by atoms with Crippen LogP contribution in [0.2, 0.25) is 0 Å². The fourth-order valence-corrected chi connectivity index (χ4v) is 1.38. The average Bonchev–Trinajstić information content (AvgIpc) is 2.32. The monoisotopic (exact) mass is 271 g/mol. The predicted molar refractivity (Wildman–Crippen MR) is 70.9 cm³/mol. The zero-order valence-electron chi connectivity index (χ0n) is 9.67. The van der Waals surface area contributed by atoms with E-state index in [0.29, 0.717) is 13.2 Å². The van der Waals surface area contributed by atoms with E-state index in [-0.39, 0.29) is 22.2 Å². The van der Waals surface area contributed by atoms with Crippen molar-refractivity contribution >= 4 is 28.7 Å². The van der Waals surface area contributed by atoms with Gasteiger partial charge in [0.2, 0.25) is 0 Å². The Hall–Kier alpha value is -1.93. The van der Waals surface area contributed by atoms with Gasteiger partial charge in [0.1, 0.15) is 5.75 Å². The fraction of sp³-hybridized carbons (Fsp3) is 0.300. The van der Waals surface area contributed by atoms with E-state index in [1.807, 2.05) is 0 Å². The minimum Gasteiger partial charge on any atom is -0.506 e. The van der Waals surface area contributed by atoms with Crippen LogP contribution < -0.4 is 10.6 Å². The number of methoxy groups -OCH3 is 1. The number of thiocarbonyl (C=S) groups is 1. The van der Waals surface area contributed by atoms with Gasteiger partial charge in [0.05, 0.1) is 17.2 Å². The van der Waals surface area contributed by atoms with Crippen LogP contribution in [0.1, 0.15) is 0 Å². The van der Waals surface area contributed by atoms with Crippen LogP contribution in [0.15, 0.2) is 18.2 Å². The number of hydrogen-bond donors (Lipinski definition) is 3. The predicted octanol–water partition coefficient (Wildman–Crippen LogP) is 1.23. The third-order valence-corrected chi connectivity index (χ3v) is 2.28. The molecular formula is C10H13N3O4S. The Morgan fingerprint density at radius 2 is 2.33 bits per heavy atom. The molecule has 8 heteroatoms. The SMILES string of the molecule is COCCNC(=S)Nc1cc([N+](=O)[O-])ccc1O. The maximum absolute atomic E-state index is 10.6. The van der Waals surface area contributed by atoms with Gasteiger partial charge in [-0.1, -0.05) is 0 Å². The second-order valence-electron chi connectivity index (χ2n) is 3.33. The molecule has 0 saturated heterocycles. The van der Waals surface area contributed by atoms with Gasteiger partial charge in [0.25, 0.3) is 5.69 Å². The Morgan fingerprint density at radius 1 is 1.61 bits per heavy atom. The summed E-state index contributed by atoms with van der Waals surface area (Å²) in [4.78, 5) is 10.0. The van der Waals surface area contributed by atoms with Gasteiger partial charge in [0.15, 0.2) is 5.11 Å². The number of aromatic hydroxyl groups is 1. The summed E-state index contributed by atoms with van der Waals surface area (Å²) in [5.41, 5.74) is 0.0501. The molecule has 0 amide bonds. The number of phenols is 1. The maximum Gasteiger partial charge on any atom is 0.271 e. The zero-order chi connectivity index (χ0) is 13.5. The summed E-state index contributed by atoms with van der Waals surface area (Å²) in [7, 11) is 1.56. The first kappa shape index (κ1) is 14.1. The Balaban J connectivity index is 2.68. The zero-order valence-corrected chi connectivity index (χ0v) is 10.5. The van der Waals surface area contributed by atoms with Crippen molar-refractivity contribution < 1.29 is 14.8 Å². The third kappa shape index (κ3) is 4.15. The van der Waals surface area contributed by atoms with Gasteiger partial charge in [-0.2, -0.15) is 0 Å². The van der Waals surface area contributed by atoms with Crippen LogP contribution in [0.25, 0.3) is 0 Å². The molecule has 1 aromatic rings. The molecule has 0 spiro atoms. The number of phenolic OH excluding ortho intramolecular Hbond substituents is 1. The number of anilines is 1. The van der Waals surface area contributed by atoms with Gasteiger partial charge in [-0.3, -0.25) is 10.1 Å². The van der Waals surface area contributed by atoms with E-state index in [0.717, 1.165) is 0 Å². The number of nitrogens with zero attached hydrogens (tertiary/aromatic N) is 1. The first-order valence-corrected chi connectivity index (χ1v) is 5.46. The van der Waals surface area contributed by atoms with Gasteiger partial charge in [-0.05, 0) is 18.3 Å². The van der Waals surface area contributed by atoms with E-state index in [2.05, 4.69) is 10.6 Å². The molecule has 7 nitrogen and oxygen atoms in total. The standard InChI is InChI=1S/C10H13N3O4S/c1-17-5-4-11-10(18)12-8-6-7(13(15)16)2-3-9(8)14/h2-3,6,14H,4-5H2,1H3,(H2,11,12,18). The van der Waals surface area contributed by atoms with Gasteiger partial charge in [0, 0.05) is 25.8 Å². The Bertz CT molecular complexity index is 453. The molecule has 0 aliphatic carbocycles. The molecule has 0 radical (unpaired) electrons. The number of nitrogens with one attached hydrogen (secondary N) is 2. The second kappa shape index (κ2) is 6.72. The lowest BCUT2D eigenvalue weighted by molar-refractivity contribution is -0.384. The Kier molecular flexibility index (Phi) is 5.28. The number of hydrogen-bond acceptors (Lipinski definition) is 5. The van der Waals surface area contributed by atoms with Crippen molar-refractivity contribution in [2.24, 2.45) is 0 Å². The lowest BCUT2D eigenvalue weighted by atomic mass is 10.2. The number of rotatable bonds is 5. The van der Waals surface area contributed by atoms with Crippen molar-refractivity contribution in [3.05, 3.63) is 28.3 Å². The van der Waals surface area contributed by atoms with Gasteiger partial charge < -0.3 is 20.5 Å². The average molecular weight is 271 g/mol. The quantitative estimate of drug-likeness (QED) is 0.244. The van der Waals surface area contributed by atoms with Crippen molar-refractivity contribution in [1.82, 2.24) is 5.32 Å². The van der Waals surface area contributed by atoms with Gasteiger partial charge >= 0.3 is 0 Å². The highest BCUT2D eigenvalue weighted by molar-refractivity contribution is 7.80. The van der Waals surface area contributed by atoms with Crippen LogP contribution in [0.4, 0.5) is 11.4 Å². The highest BCUT2D eigenvalue weighted by atomic mass is 32.1. The van der Waals surface area contributed by atoms with Gasteiger partial charge in [-0.15, -0.1) is 0 Å². The van der Waals surface area contributed by atoms with E-state index >= 15 is 0 Å². The van der Waals surface area contributed by atoms with Crippen LogP contribution in [0, 0.1) is 10.1 Å². The molecule has 0 atom stereocenters. The second-order valence-corrected chi connectivity index (χ2v) is 3.74. The molecule has 0 heterocycles. The van der Waals surface area contributed by atoms with Crippen LogP contribution in [0.3, 0.4) is 0 Å². The summed E-state index contributed by atoms with van der Waals surface area (Å²) in [5, 5.41) is 25.9. The third-order valence-electron chi connectivity index (χ3n) is 2.03. The van der Waals surface area contributed by atoms with Gasteiger partial charge in [-0.25, -0.2) is 0 Å². The maximum atomic E-state index is 10.6.